The SMILES string of the molecule is COc1ccc(C2OCC3C(c4ccc(OC5OC(CO)C(OC6OC(CO)C(O)C(O)C6O)C(O)C5O)c(OC)c4)OCC23)cc1OC. The van der Waals surface area contributed by atoms with Crippen molar-refractivity contribution in [2.75, 3.05) is 47.8 Å². The molecule has 0 aliphatic carbocycles. The maximum Gasteiger partial charge on any atom is 0.229 e. The van der Waals surface area contributed by atoms with Crippen molar-refractivity contribution in [3.63, 3.8) is 0 Å². The Morgan fingerprint density at radius 3 is 1.65 bits per heavy atom. The van der Waals surface area contributed by atoms with Gasteiger partial charge in [0.2, 0.25) is 6.29 Å². The lowest BCUT2D eigenvalue weighted by Gasteiger charge is -2.45. The van der Waals surface area contributed by atoms with Gasteiger partial charge in [0.1, 0.15) is 48.8 Å². The molecule has 6 rings (SSSR count). The van der Waals surface area contributed by atoms with E-state index in [9.17, 15) is 35.7 Å². The second-order valence-corrected chi connectivity index (χ2v) is 12.5. The standard InChI is InChI=1S/C33H44O16/c1-41-18-6-4-14(8-20(18)42-2)29-16-12-45-30(17(16)13-44-29)15-5-7-19(21(9-15)43-3)46-32-28(40)26(38)31(23(11-35)48-32)49-33-27(39)25(37)24(36)22(10-34)47-33/h4-9,16-17,22-40H,10-13H2,1-3H3. The summed E-state index contributed by atoms with van der Waals surface area (Å²) in [5, 5.41) is 72.0. The Kier molecular flexibility index (Phi) is 11.1. The quantitative estimate of drug-likeness (QED) is 0.146. The third-order valence-corrected chi connectivity index (χ3v) is 9.72. The highest BCUT2D eigenvalue weighted by Crippen LogP contribution is 2.51. The molecule has 14 atom stereocenters. The number of methoxy groups -OCH3 is 3. The van der Waals surface area contributed by atoms with Crippen molar-refractivity contribution >= 4 is 0 Å². The van der Waals surface area contributed by atoms with E-state index in [0.29, 0.717) is 30.5 Å². The summed E-state index contributed by atoms with van der Waals surface area (Å²) in [7, 11) is 4.62. The van der Waals surface area contributed by atoms with Crippen molar-refractivity contribution in [3.8, 4) is 23.0 Å². The predicted molar refractivity (Wildman–Crippen MR) is 164 cm³/mol. The molecule has 4 aliphatic rings. The number of rotatable bonds is 11. The lowest BCUT2D eigenvalue weighted by molar-refractivity contribution is -0.352. The summed E-state index contributed by atoms with van der Waals surface area (Å²) in [6, 6.07) is 10.9. The Balaban J connectivity index is 1.13. The van der Waals surface area contributed by atoms with E-state index in [-0.39, 0.29) is 29.8 Å². The minimum absolute atomic E-state index is 0.0548. The van der Waals surface area contributed by atoms with Crippen molar-refractivity contribution in [2.45, 2.75) is 73.6 Å². The van der Waals surface area contributed by atoms with Crippen LogP contribution in [0.15, 0.2) is 36.4 Å². The third kappa shape index (κ3) is 6.81. The fourth-order valence-electron chi connectivity index (χ4n) is 7.00. The molecule has 16 nitrogen and oxygen atoms in total. The average Bonchev–Trinajstić information content (AvgIpc) is 3.74. The maximum absolute atomic E-state index is 11.0. The van der Waals surface area contributed by atoms with Crippen LogP contribution in [0.5, 0.6) is 23.0 Å². The summed E-state index contributed by atoms with van der Waals surface area (Å²) in [5.41, 5.74) is 1.78. The van der Waals surface area contributed by atoms with Gasteiger partial charge in [0.25, 0.3) is 0 Å². The molecule has 49 heavy (non-hydrogen) atoms. The Bertz CT molecular complexity index is 1410. The van der Waals surface area contributed by atoms with Crippen LogP contribution in [-0.4, -0.2) is 145 Å². The zero-order chi connectivity index (χ0) is 35.0. The van der Waals surface area contributed by atoms with Gasteiger partial charge in [0.15, 0.2) is 29.3 Å². The Hall–Kier alpha value is -2.84. The third-order valence-electron chi connectivity index (χ3n) is 9.72. The lowest BCUT2D eigenvalue weighted by atomic mass is 9.85. The average molecular weight is 697 g/mol. The first-order valence-electron chi connectivity index (χ1n) is 16.0. The van der Waals surface area contributed by atoms with Gasteiger partial charge in [-0.3, -0.25) is 0 Å². The zero-order valence-corrected chi connectivity index (χ0v) is 27.2. The van der Waals surface area contributed by atoms with Crippen LogP contribution in [-0.2, 0) is 23.7 Å². The molecule has 0 bridgehead atoms. The van der Waals surface area contributed by atoms with Crippen LogP contribution in [0.2, 0.25) is 0 Å². The molecule has 14 unspecified atom stereocenters. The molecule has 4 heterocycles. The van der Waals surface area contributed by atoms with E-state index in [1.165, 1.54) is 7.11 Å². The minimum atomic E-state index is -1.77. The summed E-state index contributed by atoms with van der Waals surface area (Å²) in [4.78, 5) is 0. The molecule has 0 spiro atoms. The van der Waals surface area contributed by atoms with E-state index in [0.717, 1.165) is 11.1 Å². The first kappa shape index (κ1) is 36.0. The number of benzene rings is 2. The van der Waals surface area contributed by atoms with E-state index in [1.54, 1.807) is 32.4 Å². The van der Waals surface area contributed by atoms with Crippen LogP contribution in [0.4, 0.5) is 0 Å². The van der Waals surface area contributed by atoms with Crippen molar-refractivity contribution < 1.29 is 78.4 Å². The number of ether oxygens (including phenoxy) is 9. The molecule has 0 radical (unpaired) electrons. The molecule has 0 aromatic heterocycles. The second-order valence-electron chi connectivity index (χ2n) is 12.5. The van der Waals surface area contributed by atoms with Gasteiger partial charge in [-0.05, 0) is 35.4 Å². The highest BCUT2D eigenvalue weighted by atomic mass is 16.7. The monoisotopic (exact) mass is 696 g/mol. The summed E-state index contributed by atoms with van der Waals surface area (Å²) in [6.07, 6.45) is -16.2. The van der Waals surface area contributed by atoms with Gasteiger partial charge in [-0.25, -0.2) is 0 Å². The smallest absolute Gasteiger partial charge is 0.229 e. The van der Waals surface area contributed by atoms with E-state index in [2.05, 4.69) is 0 Å². The van der Waals surface area contributed by atoms with E-state index in [1.807, 2.05) is 18.2 Å². The van der Waals surface area contributed by atoms with E-state index in [4.69, 9.17) is 42.6 Å². The topological polar surface area (TPSA) is 225 Å². The summed E-state index contributed by atoms with van der Waals surface area (Å²) in [5.74, 6) is 1.86. The van der Waals surface area contributed by atoms with Gasteiger partial charge in [0.05, 0.1) is 60.0 Å². The second kappa shape index (κ2) is 15.2. The maximum atomic E-state index is 11.0. The molecule has 2 aromatic carbocycles. The molecular formula is C33H44O16. The highest BCUT2D eigenvalue weighted by Gasteiger charge is 2.52. The van der Waals surface area contributed by atoms with Gasteiger partial charge in [0, 0.05) is 11.8 Å². The van der Waals surface area contributed by atoms with E-state index >= 15 is 0 Å². The van der Waals surface area contributed by atoms with Crippen LogP contribution in [0.25, 0.3) is 0 Å². The predicted octanol–water partition coefficient (Wildman–Crippen LogP) is -1.21. The largest absolute Gasteiger partial charge is 0.493 e. The van der Waals surface area contributed by atoms with Gasteiger partial charge in [-0.1, -0.05) is 12.1 Å². The molecule has 0 amide bonds. The molecule has 4 fully saturated rings. The molecule has 4 saturated heterocycles. The van der Waals surface area contributed by atoms with Crippen LogP contribution in [0.1, 0.15) is 23.3 Å². The first-order chi connectivity index (χ1) is 23.6. The molecule has 2 aromatic rings. The normalized spacial score (nSPS) is 39.0. The number of hydrogen-bond acceptors (Lipinski definition) is 16. The summed E-state index contributed by atoms with van der Waals surface area (Å²) >= 11 is 0. The van der Waals surface area contributed by atoms with Crippen molar-refractivity contribution in [2.24, 2.45) is 11.8 Å². The summed E-state index contributed by atoms with van der Waals surface area (Å²) in [6.45, 7) is -0.442. The minimum Gasteiger partial charge on any atom is -0.493 e. The molecule has 0 saturated carbocycles. The first-order valence-corrected chi connectivity index (χ1v) is 16.0. The highest BCUT2D eigenvalue weighted by molar-refractivity contribution is 5.45. The van der Waals surface area contributed by atoms with Crippen LogP contribution >= 0.6 is 0 Å². The zero-order valence-electron chi connectivity index (χ0n) is 27.2. The van der Waals surface area contributed by atoms with Crippen LogP contribution in [0.3, 0.4) is 0 Å². The fourth-order valence-corrected chi connectivity index (χ4v) is 7.00. The molecule has 16 heteroatoms. The van der Waals surface area contributed by atoms with Gasteiger partial charge in [-0.2, -0.15) is 0 Å². The number of aliphatic hydroxyl groups excluding tert-OH is 7. The van der Waals surface area contributed by atoms with Gasteiger partial charge < -0.3 is 78.4 Å². The number of fused-ring (bicyclic) bond motifs is 1. The Labute approximate surface area is 282 Å². The summed E-state index contributed by atoms with van der Waals surface area (Å²) < 4.78 is 51.6. The molecule has 272 valence electrons. The van der Waals surface area contributed by atoms with Crippen molar-refractivity contribution in [1.29, 1.82) is 0 Å². The van der Waals surface area contributed by atoms with Gasteiger partial charge >= 0.3 is 0 Å². The van der Waals surface area contributed by atoms with Crippen molar-refractivity contribution in [3.05, 3.63) is 47.5 Å². The fraction of sp³-hybridized carbons (Fsp3) is 0.636. The molecule has 4 aliphatic heterocycles. The van der Waals surface area contributed by atoms with Crippen LogP contribution < -0.4 is 18.9 Å². The lowest BCUT2D eigenvalue weighted by Crippen LogP contribution is -2.65. The molecule has 7 N–H and O–H groups in total. The number of hydrogen-bond donors (Lipinski definition) is 7. The Morgan fingerprint density at radius 1 is 0.592 bits per heavy atom. The Morgan fingerprint density at radius 2 is 1.10 bits per heavy atom. The van der Waals surface area contributed by atoms with Gasteiger partial charge in [-0.15, -0.1) is 0 Å². The van der Waals surface area contributed by atoms with Crippen LogP contribution in [0, 0.1) is 11.8 Å². The number of aliphatic hydroxyl groups is 7. The van der Waals surface area contributed by atoms with Crippen molar-refractivity contribution in [1.82, 2.24) is 0 Å². The van der Waals surface area contributed by atoms with E-state index < -0.39 is 74.6 Å². The molecular weight excluding hydrogens is 652 g/mol.